The Kier molecular flexibility index (Phi) is 5.61. The van der Waals surface area contributed by atoms with Crippen molar-refractivity contribution in [3.63, 3.8) is 0 Å². The fraction of sp³-hybridized carbons (Fsp3) is 0.533. The summed E-state index contributed by atoms with van der Waals surface area (Å²) in [5.41, 5.74) is 0.581. The molecule has 1 aromatic carbocycles. The van der Waals surface area contributed by atoms with Gasteiger partial charge in [-0.3, -0.25) is 4.79 Å². The molecule has 4 heteroatoms. The van der Waals surface area contributed by atoms with Crippen LogP contribution >= 0.6 is 35.0 Å². The van der Waals surface area contributed by atoms with Crippen molar-refractivity contribution < 1.29 is 4.79 Å². The SMILES string of the molecule is CC(SCC1CCCC1)C(=O)c1ccc(Cl)cc1Cl. The summed E-state index contributed by atoms with van der Waals surface area (Å²) < 4.78 is 0. The van der Waals surface area contributed by atoms with Gasteiger partial charge in [0.2, 0.25) is 0 Å². The first-order valence-electron chi connectivity index (χ1n) is 6.69. The van der Waals surface area contributed by atoms with E-state index < -0.39 is 0 Å². The van der Waals surface area contributed by atoms with Crippen LogP contribution in [0.2, 0.25) is 10.0 Å². The molecule has 0 N–H and O–H groups in total. The number of carbonyl (C=O) groups is 1. The molecule has 2 rings (SSSR count). The van der Waals surface area contributed by atoms with Gasteiger partial charge in [0, 0.05) is 10.6 Å². The van der Waals surface area contributed by atoms with Gasteiger partial charge in [0.25, 0.3) is 0 Å². The van der Waals surface area contributed by atoms with Gasteiger partial charge in [0.15, 0.2) is 5.78 Å². The van der Waals surface area contributed by atoms with Gasteiger partial charge in [0.1, 0.15) is 0 Å². The minimum atomic E-state index is -0.0423. The summed E-state index contributed by atoms with van der Waals surface area (Å²) in [4.78, 5) is 12.3. The summed E-state index contributed by atoms with van der Waals surface area (Å²) in [6.45, 7) is 1.97. The van der Waals surface area contributed by atoms with Crippen LogP contribution in [0.3, 0.4) is 0 Å². The Labute approximate surface area is 129 Å². The monoisotopic (exact) mass is 316 g/mol. The van der Waals surface area contributed by atoms with E-state index in [1.807, 2.05) is 6.92 Å². The minimum Gasteiger partial charge on any atom is -0.293 e. The van der Waals surface area contributed by atoms with E-state index in [1.54, 1.807) is 30.0 Å². The van der Waals surface area contributed by atoms with Gasteiger partial charge >= 0.3 is 0 Å². The van der Waals surface area contributed by atoms with Crippen LogP contribution < -0.4 is 0 Å². The molecule has 0 spiro atoms. The van der Waals surface area contributed by atoms with Crippen molar-refractivity contribution in [3.05, 3.63) is 33.8 Å². The summed E-state index contributed by atoms with van der Waals surface area (Å²) in [5.74, 6) is 1.98. The van der Waals surface area contributed by atoms with E-state index >= 15 is 0 Å². The summed E-state index contributed by atoms with van der Waals surface area (Å²) in [5, 5.41) is 0.970. The zero-order chi connectivity index (χ0) is 13.8. The molecule has 0 bridgehead atoms. The third-order valence-corrected chi connectivity index (χ3v) is 5.55. The Bertz CT molecular complexity index is 455. The zero-order valence-electron chi connectivity index (χ0n) is 11.0. The fourth-order valence-electron chi connectivity index (χ4n) is 2.44. The third kappa shape index (κ3) is 4.14. The summed E-state index contributed by atoms with van der Waals surface area (Å²) in [6, 6.07) is 5.07. The zero-order valence-corrected chi connectivity index (χ0v) is 13.3. The van der Waals surface area contributed by atoms with Crippen molar-refractivity contribution in [1.82, 2.24) is 0 Å². The minimum absolute atomic E-state index is 0.0423. The molecular formula is C15H18Cl2OS. The molecular weight excluding hydrogens is 299 g/mol. The number of halogens is 2. The molecule has 1 saturated carbocycles. The average molecular weight is 317 g/mol. The molecule has 0 saturated heterocycles. The van der Waals surface area contributed by atoms with Crippen LogP contribution in [0, 0.1) is 5.92 Å². The van der Waals surface area contributed by atoms with Crippen LogP contribution in [0.15, 0.2) is 18.2 Å². The van der Waals surface area contributed by atoms with Crippen molar-refractivity contribution in [2.75, 3.05) is 5.75 Å². The Hall–Kier alpha value is -0.180. The lowest BCUT2D eigenvalue weighted by molar-refractivity contribution is 0.0994. The number of Topliss-reactive ketones (excluding diaryl/α,β-unsaturated/α-hetero) is 1. The molecule has 1 atom stereocenters. The first-order chi connectivity index (χ1) is 9.08. The van der Waals surface area contributed by atoms with Crippen molar-refractivity contribution in [3.8, 4) is 0 Å². The average Bonchev–Trinajstić information content (AvgIpc) is 2.88. The van der Waals surface area contributed by atoms with Crippen molar-refractivity contribution in [1.29, 1.82) is 0 Å². The third-order valence-electron chi connectivity index (χ3n) is 3.62. The van der Waals surface area contributed by atoms with Gasteiger partial charge < -0.3 is 0 Å². The van der Waals surface area contributed by atoms with Crippen LogP contribution in [0.1, 0.15) is 43.0 Å². The van der Waals surface area contributed by atoms with E-state index in [0.717, 1.165) is 11.7 Å². The Morgan fingerprint density at radius 3 is 2.68 bits per heavy atom. The van der Waals surface area contributed by atoms with E-state index in [-0.39, 0.29) is 11.0 Å². The highest BCUT2D eigenvalue weighted by Gasteiger charge is 2.21. The van der Waals surface area contributed by atoms with Gasteiger partial charge in [-0.15, -0.1) is 0 Å². The van der Waals surface area contributed by atoms with E-state index in [0.29, 0.717) is 15.6 Å². The first-order valence-corrected chi connectivity index (χ1v) is 8.49. The lowest BCUT2D eigenvalue weighted by Crippen LogP contribution is -2.16. The highest BCUT2D eigenvalue weighted by molar-refractivity contribution is 8.00. The molecule has 1 aliphatic carbocycles. The largest absolute Gasteiger partial charge is 0.293 e. The Balaban J connectivity index is 1.94. The second-order valence-electron chi connectivity index (χ2n) is 5.11. The molecule has 1 nitrogen and oxygen atoms in total. The molecule has 1 aromatic rings. The molecule has 0 heterocycles. The maximum atomic E-state index is 12.3. The second-order valence-corrected chi connectivity index (χ2v) is 7.33. The molecule has 1 unspecified atom stereocenters. The first kappa shape index (κ1) is 15.2. The standard InChI is InChI=1S/C15H18Cl2OS/c1-10(19-9-11-4-2-3-5-11)15(18)13-7-6-12(16)8-14(13)17/h6-8,10-11H,2-5,9H2,1H3. The van der Waals surface area contributed by atoms with E-state index in [1.165, 1.54) is 25.7 Å². The Morgan fingerprint density at radius 1 is 1.37 bits per heavy atom. The van der Waals surface area contributed by atoms with Gasteiger partial charge in [-0.2, -0.15) is 11.8 Å². The molecule has 1 fully saturated rings. The number of ketones is 1. The van der Waals surface area contributed by atoms with Crippen LogP contribution in [-0.4, -0.2) is 16.8 Å². The van der Waals surface area contributed by atoms with Gasteiger partial charge in [0.05, 0.1) is 10.3 Å². The molecule has 19 heavy (non-hydrogen) atoms. The summed E-state index contributed by atoms with van der Waals surface area (Å²) >= 11 is 13.7. The number of carbonyl (C=O) groups excluding carboxylic acids is 1. The second kappa shape index (κ2) is 7.01. The molecule has 0 aromatic heterocycles. The summed E-state index contributed by atoms with van der Waals surface area (Å²) in [7, 11) is 0. The van der Waals surface area contributed by atoms with Gasteiger partial charge in [-0.05, 0) is 49.6 Å². The lowest BCUT2D eigenvalue weighted by atomic mass is 10.1. The van der Waals surface area contributed by atoms with Crippen LogP contribution in [0.25, 0.3) is 0 Å². The molecule has 0 radical (unpaired) electrons. The molecule has 0 aliphatic heterocycles. The maximum absolute atomic E-state index is 12.3. The number of hydrogen-bond acceptors (Lipinski definition) is 2. The lowest BCUT2D eigenvalue weighted by Gasteiger charge is -2.14. The van der Waals surface area contributed by atoms with Gasteiger partial charge in [-0.25, -0.2) is 0 Å². The fourth-order valence-corrected chi connectivity index (χ4v) is 4.12. The molecule has 0 amide bonds. The predicted molar refractivity (Wildman–Crippen MR) is 84.7 cm³/mol. The predicted octanol–water partition coefficient (Wildman–Crippen LogP) is 5.49. The molecule has 1 aliphatic rings. The molecule has 104 valence electrons. The van der Waals surface area contributed by atoms with Crippen molar-refractivity contribution >= 4 is 40.7 Å². The number of hydrogen-bond donors (Lipinski definition) is 0. The highest BCUT2D eigenvalue weighted by Crippen LogP contribution is 2.31. The number of benzene rings is 1. The van der Waals surface area contributed by atoms with Crippen molar-refractivity contribution in [2.45, 2.75) is 37.9 Å². The summed E-state index contributed by atoms with van der Waals surface area (Å²) in [6.07, 6.45) is 5.32. The highest BCUT2D eigenvalue weighted by atomic mass is 35.5. The van der Waals surface area contributed by atoms with E-state index in [2.05, 4.69) is 0 Å². The van der Waals surface area contributed by atoms with Crippen molar-refractivity contribution in [2.24, 2.45) is 5.92 Å². The van der Waals surface area contributed by atoms with Crippen LogP contribution in [-0.2, 0) is 0 Å². The van der Waals surface area contributed by atoms with E-state index in [4.69, 9.17) is 23.2 Å². The maximum Gasteiger partial charge on any atom is 0.177 e. The number of rotatable bonds is 5. The topological polar surface area (TPSA) is 17.1 Å². The quantitative estimate of drug-likeness (QED) is 0.668. The smallest absolute Gasteiger partial charge is 0.177 e. The Morgan fingerprint density at radius 2 is 2.05 bits per heavy atom. The van der Waals surface area contributed by atoms with Crippen LogP contribution in [0.5, 0.6) is 0 Å². The van der Waals surface area contributed by atoms with Gasteiger partial charge in [-0.1, -0.05) is 36.0 Å². The van der Waals surface area contributed by atoms with E-state index in [9.17, 15) is 4.79 Å². The number of thioether (sulfide) groups is 1. The van der Waals surface area contributed by atoms with Crippen LogP contribution in [0.4, 0.5) is 0 Å². The normalized spacial score (nSPS) is 17.6.